The van der Waals surface area contributed by atoms with E-state index in [-0.39, 0.29) is 12.1 Å². The highest BCUT2D eigenvalue weighted by molar-refractivity contribution is 5.70. The third-order valence-electron chi connectivity index (χ3n) is 4.17. The van der Waals surface area contributed by atoms with E-state index in [9.17, 15) is 9.59 Å². The second-order valence-corrected chi connectivity index (χ2v) is 7.61. The van der Waals surface area contributed by atoms with Gasteiger partial charge in [-0.1, -0.05) is 12.1 Å². The quantitative estimate of drug-likeness (QED) is 0.695. The minimum Gasteiger partial charge on any atom is -0.497 e. The van der Waals surface area contributed by atoms with Gasteiger partial charge in [-0.15, -0.1) is 0 Å². The smallest absolute Gasteiger partial charge is 0.410 e. The zero-order chi connectivity index (χ0) is 19.2. The van der Waals surface area contributed by atoms with E-state index in [1.165, 1.54) is 0 Å². The Morgan fingerprint density at radius 2 is 1.81 bits per heavy atom. The van der Waals surface area contributed by atoms with Gasteiger partial charge in [-0.2, -0.15) is 0 Å². The lowest BCUT2D eigenvalue weighted by Gasteiger charge is -2.39. The van der Waals surface area contributed by atoms with E-state index < -0.39 is 5.60 Å². The van der Waals surface area contributed by atoms with Crippen LogP contribution in [0.25, 0.3) is 0 Å². The normalized spacial score (nSPS) is 14.5. The Bertz CT molecular complexity index is 600. The average Bonchev–Trinajstić information content (AvgIpc) is 2.53. The van der Waals surface area contributed by atoms with Crippen molar-refractivity contribution in [2.24, 2.45) is 5.92 Å². The van der Waals surface area contributed by atoms with Crippen LogP contribution in [0.2, 0.25) is 0 Å². The predicted octanol–water partition coefficient (Wildman–Crippen LogP) is 3.43. The van der Waals surface area contributed by atoms with Gasteiger partial charge >= 0.3 is 12.1 Å². The van der Waals surface area contributed by atoms with Crippen LogP contribution in [-0.2, 0) is 20.7 Å². The Kier molecular flexibility index (Phi) is 6.89. The maximum absolute atomic E-state index is 11.8. The zero-order valence-electron chi connectivity index (χ0n) is 16.1. The summed E-state index contributed by atoms with van der Waals surface area (Å²) in [7, 11) is 1.63. The summed E-state index contributed by atoms with van der Waals surface area (Å²) in [6.45, 7) is 7.29. The number of amides is 1. The van der Waals surface area contributed by atoms with Gasteiger partial charge < -0.3 is 19.1 Å². The summed E-state index contributed by atoms with van der Waals surface area (Å²) in [4.78, 5) is 25.3. The maximum Gasteiger partial charge on any atom is 0.410 e. The summed E-state index contributed by atoms with van der Waals surface area (Å²) in [6, 6.07) is 7.67. The molecule has 1 aromatic carbocycles. The Morgan fingerprint density at radius 1 is 1.15 bits per heavy atom. The lowest BCUT2D eigenvalue weighted by Crippen LogP contribution is -2.51. The number of rotatable bonds is 7. The summed E-state index contributed by atoms with van der Waals surface area (Å²) < 4.78 is 15.7. The summed E-state index contributed by atoms with van der Waals surface area (Å²) in [5.74, 6) is 0.985. The van der Waals surface area contributed by atoms with Crippen molar-refractivity contribution in [1.82, 2.24) is 4.90 Å². The van der Waals surface area contributed by atoms with Gasteiger partial charge in [0.05, 0.1) is 13.7 Å². The van der Waals surface area contributed by atoms with Gasteiger partial charge in [-0.3, -0.25) is 4.79 Å². The molecule has 6 nitrogen and oxygen atoms in total. The molecule has 6 heteroatoms. The Labute approximate surface area is 155 Å². The van der Waals surface area contributed by atoms with E-state index in [0.29, 0.717) is 38.5 Å². The monoisotopic (exact) mass is 363 g/mol. The molecule has 2 rings (SSSR count). The number of nitrogens with zero attached hydrogens (tertiary/aromatic N) is 1. The third kappa shape index (κ3) is 6.58. The SMILES string of the molecule is COc1ccc(CCC(=O)OCCC2CN(C(=O)OC(C)(C)C)C2)cc1. The minimum absolute atomic E-state index is 0.191. The fraction of sp³-hybridized carbons (Fsp3) is 0.600. The van der Waals surface area contributed by atoms with Crippen LogP contribution >= 0.6 is 0 Å². The lowest BCUT2D eigenvalue weighted by atomic mass is 9.97. The second kappa shape index (κ2) is 8.92. The van der Waals surface area contributed by atoms with Gasteiger partial charge in [0.2, 0.25) is 0 Å². The van der Waals surface area contributed by atoms with E-state index >= 15 is 0 Å². The molecular weight excluding hydrogens is 334 g/mol. The van der Waals surface area contributed by atoms with E-state index in [0.717, 1.165) is 17.7 Å². The number of ether oxygens (including phenoxy) is 3. The molecule has 0 N–H and O–H groups in total. The molecule has 0 unspecified atom stereocenters. The van der Waals surface area contributed by atoms with Crippen LogP contribution in [0.5, 0.6) is 5.75 Å². The highest BCUT2D eigenvalue weighted by Crippen LogP contribution is 2.22. The fourth-order valence-corrected chi connectivity index (χ4v) is 2.68. The van der Waals surface area contributed by atoms with E-state index in [4.69, 9.17) is 14.2 Å². The number of benzene rings is 1. The van der Waals surface area contributed by atoms with Crippen molar-refractivity contribution in [3.63, 3.8) is 0 Å². The third-order valence-corrected chi connectivity index (χ3v) is 4.17. The highest BCUT2D eigenvalue weighted by atomic mass is 16.6. The molecule has 1 heterocycles. The van der Waals surface area contributed by atoms with Gasteiger partial charge in [-0.05, 0) is 57.2 Å². The van der Waals surface area contributed by atoms with Crippen molar-refractivity contribution in [1.29, 1.82) is 0 Å². The van der Waals surface area contributed by atoms with Crippen LogP contribution in [0, 0.1) is 5.92 Å². The maximum atomic E-state index is 11.8. The molecule has 0 bridgehead atoms. The first-order chi connectivity index (χ1) is 12.3. The van der Waals surface area contributed by atoms with Gasteiger partial charge in [0.15, 0.2) is 0 Å². The minimum atomic E-state index is -0.471. The summed E-state index contributed by atoms with van der Waals surface area (Å²) >= 11 is 0. The summed E-state index contributed by atoms with van der Waals surface area (Å²) in [5, 5.41) is 0. The number of methoxy groups -OCH3 is 1. The number of hydrogen-bond donors (Lipinski definition) is 0. The molecule has 1 aliphatic heterocycles. The molecule has 0 radical (unpaired) electrons. The Hall–Kier alpha value is -2.24. The Morgan fingerprint density at radius 3 is 2.38 bits per heavy atom. The average molecular weight is 363 g/mol. The van der Waals surface area contributed by atoms with Crippen molar-refractivity contribution >= 4 is 12.1 Å². The number of likely N-dealkylation sites (tertiary alicyclic amines) is 1. The van der Waals surface area contributed by atoms with E-state index in [1.807, 2.05) is 45.0 Å². The highest BCUT2D eigenvalue weighted by Gasteiger charge is 2.33. The molecule has 1 aromatic rings. The molecule has 0 aliphatic carbocycles. The van der Waals surface area contributed by atoms with Crippen LogP contribution in [-0.4, -0.2) is 49.4 Å². The standard InChI is InChI=1S/C20H29NO5/c1-20(2,3)26-19(23)21-13-16(14-21)11-12-25-18(22)10-7-15-5-8-17(24-4)9-6-15/h5-6,8-9,16H,7,10-14H2,1-4H3. The van der Waals surface area contributed by atoms with Crippen LogP contribution in [0.15, 0.2) is 24.3 Å². The predicted molar refractivity (Wildman–Crippen MR) is 98.2 cm³/mol. The van der Waals surface area contributed by atoms with Gasteiger partial charge in [0.25, 0.3) is 0 Å². The first-order valence-corrected chi connectivity index (χ1v) is 9.03. The molecule has 0 aromatic heterocycles. The van der Waals surface area contributed by atoms with Crippen molar-refractivity contribution in [2.75, 3.05) is 26.8 Å². The zero-order valence-corrected chi connectivity index (χ0v) is 16.1. The van der Waals surface area contributed by atoms with Crippen molar-refractivity contribution in [3.05, 3.63) is 29.8 Å². The number of esters is 1. The number of hydrogen-bond acceptors (Lipinski definition) is 5. The van der Waals surface area contributed by atoms with Crippen LogP contribution < -0.4 is 4.74 Å². The van der Waals surface area contributed by atoms with Gasteiger partial charge in [0.1, 0.15) is 11.4 Å². The molecule has 1 aliphatic rings. The van der Waals surface area contributed by atoms with Crippen molar-refractivity contribution in [3.8, 4) is 5.75 Å². The molecule has 26 heavy (non-hydrogen) atoms. The molecule has 0 spiro atoms. The fourth-order valence-electron chi connectivity index (χ4n) is 2.68. The van der Waals surface area contributed by atoms with Crippen molar-refractivity contribution in [2.45, 2.75) is 45.6 Å². The topological polar surface area (TPSA) is 65.1 Å². The van der Waals surface area contributed by atoms with E-state index in [1.54, 1.807) is 12.0 Å². The van der Waals surface area contributed by atoms with Crippen LogP contribution in [0.4, 0.5) is 4.79 Å². The van der Waals surface area contributed by atoms with Crippen LogP contribution in [0.3, 0.4) is 0 Å². The first kappa shape index (κ1) is 20.1. The Balaban J connectivity index is 1.56. The lowest BCUT2D eigenvalue weighted by molar-refractivity contribution is -0.144. The molecular formula is C20H29NO5. The first-order valence-electron chi connectivity index (χ1n) is 9.03. The molecule has 0 atom stereocenters. The molecule has 1 saturated heterocycles. The summed E-state index contributed by atoms with van der Waals surface area (Å²) in [6.07, 6.45) is 1.51. The second-order valence-electron chi connectivity index (χ2n) is 7.61. The number of carbonyl (C=O) groups is 2. The van der Waals surface area contributed by atoms with E-state index in [2.05, 4.69) is 0 Å². The van der Waals surface area contributed by atoms with Gasteiger partial charge in [-0.25, -0.2) is 4.79 Å². The van der Waals surface area contributed by atoms with Gasteiger partial charge in [0, 0.05) is 19.5 Å². The summed E-state index contributed by atoms with van der Waals surface area (Å²) in [5.41, 5.74) is 0.608. The molecule has 1 amide bonds. The van der Waals surface area contributed by atoms with Crippen molar-refractivity contribution < 1.29 is 23.8 Å². The number of aryl methyl sites for hydroxylation is 1. The molecule has 0 saturated carbocycles. The largest absolute Gasteiger partial charge is 0.497 e. The number of carbonyl (C=O) groups excluding carboxylic acids is 2. The molecule has 144 valence electrons. The molecule has 1 fully saturated rings. The van der Waals surface area contributed by atoms with Crippen LogP contribution in [0.1, 0.15) is 39.2 Å².